The first-order chi connectivity index (χ1) is 21.7. The van der Waals surface area contributed by atoms with Gasteiger partial charge in [0.1, 0.15) is 0 Å². The van der Waals surface area contributed by atoms with E-state index in [1.807, 2.05) is 49.4 Å². The summed E-state index contributed by atoms with van der Waals surface area (Å²) in [5.41, 5.74) is 36.3. The normalized spacial score (nSPS) is 18.2. The lowest BCUT2D eigenvalue weighted by molar-refractivity contribution is -0.119. The van der Waals surface area contributed by atoms with Gasteiger partial charge in [-0.05, 0) is 103 Å². The van der Waals surface area contributed by atoms with E-state index in [9.17, 15) is 14.4 Å². The molecule has 12 N–H and O–H groups in total. The molecule has 0 radical (unpaired) electrons. The van der Waals surface area contributed by atoms with Gasteiger partial charge in [0, 0.05) is 29.4 Å². The molecular weight excluding hydrogens is 568 g/mol. The predicted molar refractivity (Wildman–Crippen MR) is 180 cm³/mol. The quantitative estimate of drug-likeness (QED) is 0.116. The number of nitrogens with zero attached hydrogens (tertiary/aromatic N) is 1. The second kappa shape index (κ2) is 15.8. The molecule has 45 heavy (non-hydrogen) atoms. The van der Waals surface area contributed by atoms with Gasteiger partial charge in [0.2, 0.25) is 11.8 Å². The van der Waals surface area contributed by atoms with Crippen LogP contribution in [0.5, 0.6) is 0 Å². The van der Waals surface area contributed by atoms with Crippen molar-refractivity contribution in [2.75, 3.05) is 30.3 Å². The summed E-state index contributed by atoms with van der Waals surface area (Å²) in [5.74, 6) is -1.45. The fourth-order valence-electron chi connectivity index (χ4n) is 6.14. The topological polar surface area (TPSA) is 218 Å². The minimum Gasteiger partial charge on any atom is -0.330 e. The first-order valence-corrected chi connectivity index (χ1v) is 15.7. The second-order valence-corrected chi connectivity index (χ2v) is 11.6. The SMILES string of the molecule is C/C=C\C1=C(C=NC(=O)[C@@H](N)CCCCN)C2c3cc(NC(=O)CN)ccc3C1c1ccc(NC(=O)[C@@H](N)CCCCN)cc12. The molecule has 0 saturated heterocycles. The third-order valence-electron chi connectivity index (χ3n) is 8.38. The summed E-state index contributed by atoms with van der Waals surface area (Å²) < 4.78 is 0. The van der Waals surface area contributed by atoms with Crippen LogP contribution >= 0.6 is 0 Å². The molecule has 0 saturated carbocycles. The summed E-state index contributed by atoms with van der Waals surface area (Å²) in [7, 11) is 0. The number of anilines is 2. The van der Waals surface area contributed by atoms with E-state index >= 15 is 0 Å². The number of rotatable bonds is 15. The van der Waals surface area contributed by atoms with Crippen molar-refractivity contribution < 1.29 is 14.4 Å². The first-order valence-electron chi connectivity index (χ1n) is 15.7. The molecule has 11 heteroatoms. The Hall–Kier alpha value is -4.00. The molecule has 0 spiro atoms. The Balaban J connectivity index is 1.76. The number of unbranched alkanes of at least 4 members (excludes halogenated alkanes) is 2. The van der Waals surface area contributed by atoms with Gasteiger partial charge in [-0.1, -0.05) is 37.1 Å². The Morgan fingerprint density at radius 1 is 0.778 bits per heavy atom. The third kappa shape index (κ3) is 7.81. The van der Waals surface area contributed by atoms with E-state index in [0.29, 0.717) is 37.3 Å². The maximum absolute atomic E-state index is 13.0. The van der Waals surface area contributed by atoms with Crippen molar-refractivity contribution in [2.24, 2.45) is 33.7 Å². The van der Waals surface area contributed by atoms with E-state index in [1.54, 1.807) is 6.21 Å². The molecule has 2 bridgehead atoms. The highest BCUT2D eigenvalue weighted by atomic mass is 16.2. The highest BCUT2D eigenvalue weighted by Crippen LogP contribution is 2.56. The van der Waals surface area contributed by atoms with Gasteiger partial charge in [0.05, 0.1) is 18.6 Å². The lowest BCUT2D eigenvalue weighted by atomic mass is 9.61. The van der Waals surface area contributed by atoms with Crippen LogP contribution in [0.4, 0.5) is 11.4 Å². The summed E-state index contributed by atoms with van der Waals surface area (Å²) in [5, 5.41) is 5.83. The van der Waals surface area contributed by atoms with E-state index < -0.39 is 18.0 Å². The summed E-state index contributed by atoms with van der Waals surface area (Å²) >= 11 is 0. The minimum atomic E-state index is -0.715. The fourth-order valence-corrected chi connectivity index (χ4v) is 6.14. The van der Waals surface area contributed by atoms with Crippen LogP contribution in [0, 0.1) is 0 Å². The third-order valence-corrected chi connectivity index (χ3v) is 8.38. The molecule has 3 aliphatic carbocycles. The second-order valence-electron chi connectivity index (χ2n) is 11.6. The molecule has 3 amide bonds. The number of allylic oxidation sites excluding steroid dienone is 4. The van der Waals surface area contributed by atoms with Crippen molar-refractivity contribution in [3.05, 3.63) is 82.0 Å². The highest BCUT2D eigenvalue weighted by molar-refractivity contribution is 5.99. The predicted octanol–water partition coefficient (Wildman–Crippen LogP) is 2.50. The smallest absolute Gasteiger partial charge is 0.262 e. The standard InChI is InChI=1S/C34H46N8O3/c1-2-7-22-27(19-40-33(44)28(38)8-3-5-14-35)32-25-16-20(41-30(43)18-37)10-12-23(25)31(22)24-13-11-21(17-26(24)32)42-34(45)29(39)9-4-6-15-36/h2,7,10-13,16-17,19,28-29,31-32H,3-6,8-9,14-15,18,35-39H2,1H3,(H,41,43)(H,42,45)/b7-2-,40-19?/t28-,29-,31?,32?/m0/s1. The average Bonchev–Trinajstić information content (AvgIpc) is 3.03. The molecule has 0 aromatic heterocycles. The summed E-state index contributed by atoms with van der Waals surface area (Å²) in [6.07, 6.45) is 9.83. The molecule has 3 aliphatic rings. The summed E-state index contributed by atoms with van der Waals surface area (Å²) in [4.78, 5) is 42.4. The number of nitrogens with two attached hydrogens (primary N) is 5. The van der Waals surface area contributed by atoms with Gasteiger partial charge >= 0.3 is 0 Å². The number of hydrogen-bond donors (Lipinski definition) is 7. The van der Waals surface area contributed by atoms with Crippen molar-refractivity contribution >= 4 is 35.3 Å². The van der Waals surface area contributed by atoms with Crippen LogP contribution in [0.3, 0.4) is 0 Å². The molecule has 5 rings (SSSR count). The van der Waals surface area contributed by atoms with Crippen LogP contribution in [0.15, 0.2) is 64.7 Å². The van der Waals surface area contributed by atoms with E-state index in [2.05, 4.69) is 21.7 Å². The minimum absolute atomic E-state index is 0.139. The van der Waals surface area contributed by atoms with Crippen molar-refractivity contribution in [1.29, 1.82) is 0 Å². The van der Waals surface area contributed by atoms with Gasteiger partial charge in [-0.3, -0.25) is 14.4 Å². The number of nitrogens with one attached hydrogen (secondary N) is 2. The van der Waals surface area contributed by atoms with Gasteiger partial charge in [0.15, 0.2) is 0 Å². The van der Waals surface area contributed by atoms with Gasteiger partial charge in [-0.15, -0.1) is 0 Å². The number of carbonyl (C=O) groups excluding carboxylic acids is 3. The number of hydrogen-bond acceptors (Lipinski definition) is 8. The zero-order valence-electron chi connectivity index (χ0n) is 25.9. The van der Waals surface area contributed by atoms with Crippen molar-refractivity contribution in [3.63, 3.8) is 0 Å². The van der Waals surface area contributed by atoms with Gasteiger partial charge in [-0.25, -0.2) is 4.99 Å². The molecule has 0 heterocycles. The Bertz CT molecular complexity index is 1500. The van der Waals surface area contributed by atoms with Crippen LogP contribution in [0.2, 0.25) is 0 Å². The van der Waals surface area contributed by atoms with Crippen LogP contribution in [-0.4, -0.2) is 55.7 Å². The first kappa shape index (κ1) is 33.9. The highest BCUT2D eigenvalue weighted by Gasteiger charge is 2.42. The number of benzene rings is 2. The average molecular weight is 615 g/mol. The van der Waals surface area contributed by atoms with Gasteiger partial charge < -0.3 is 39.3 Å². The summed E-state index contributed by atoms with van der Waals surface area (Å²) in [6.45, 7) is 2.91. The van der Waals surface area contributed by atoms with E-state index in [-0.39, 0.29) is 30.2 Å². The van der Waals surface area contributed by atoms with Crippen molar-refractivity contribution in [2.45, 2.75) is 69.4 Å². The zero-order chi connectivity index (χ0) is 32.5. The van der Waals surface area contributed by atoms with Crippen molar-refractivity contribution in [3.8, 4) is 0 Å². The molecule has 2 aromatic rings. The maximum atomic E-state index is 13.0. The van der Waals surface area contributed by atoms with E-state index in [1.165, 1.54) is 0 Å². The lowest BCUT2D eigenvalue weighted by Gasteiger charge is -2.42. The maximum Gasteiger partial charge on any atom is 0.262 e. The molecule has 0 aliphatic heterocycles. The van der Waals surface area contributed by atoms with Crippen LogP contribution in [0.25, 0.3) is 0 Å². The van der Waals surface area contributed by atoms with Crippen molar-refractivity contribution in [1.82, 2.24) is 0 Å². The number of aliphatic imine (C=N–C) groups is 1. The van der Waals surface area contributed by atoms with Crippen LogP contribution in [0.1, 0.15) is 79.5 Å². The number of carbonyl (C=O) groups is 3. The Labute approximate surface area is 264 Å². The Morgan fingerprint density at radius 3 is 1.89 bits per heavy atom. The largest absolute Gasteiger partial charge is 0.330 e. The van der Waals surface area contributed by atoms with Crippen LogP contribution in [-0.2, 0) is 14.4 Å². The zero-order valence-corrected chi connectivity index (χ0v) is 25.9. The molecular formula is C34H46N8O3. The monoisotopic (exact) mass is 614 g/mol. The molecule has 2 aromatic carbocycles. The molecule has 11 nitrogen and oxygen atoms in total. The lowest BCUT2D eigenvalue weighted by Crippen LogP contribution is -2.36. The summed E-state index contributed by atoms with van der Waals surface area (Å²) in [6, 6.07) is 10.4. The van der Waals surface area contributed by atoms with E-state index in [4.69, 9.17) is 28.7 Å². The van der Waals surface area contributed by atoms with Gasteiger partial charge in [0.25, 0.3) is 5.91 Å². The fraction of sp³-hybridized carbons (Fsp3) is 0.412. The molecule has 2 unspecified atom stereocenters. The van der Waals surface area contributed by atoms with Crippen LogP contribution < -0.4 is 39.3 Å². The molecule has 0 fully saturated rings. The Kier molecular flexibility index (Phi) is 11.9. The van der Waals surface area contributed by atoms with Gasteiger partial charge in [-0.2, -0.15) is 0 Å². The Morgan fingerprint density at radius 2 is 1.33 bits per heavy atom. The molecule has 4 atom stereocenters. The molecule has 240 valence electrons. The van der Waals surface area contributed by atoms with E-state index in [0.717, 1.165) is 59.1 Å². The number of amides is 3.